The Balaban J connectivity index is 2.56. The van der Waals surface area contributed by atoms with Crippen LogP contribution >= 0.6 is 11.8 Å². The first kappa shape index (κ1) is 11.0. The molecule has 0 N–H and O–H groups in total. The molecule has 0 fully saturated rings. The van der Waals surface area contributed by atoms with E-state index in [0.29, 0.717) is 17.1 Å². The van der Waals surface area contributed by atoms with Crippen molar-refractivity contribution in [3.8, 4) is 5.75 Å². The number of ether oxygens (including phenoxy) is 1. The van der Waals surface area contributed by atoms with Crippen LogP contribution in [0.3, 0.4) is 0 Å². The molecule has 4 nitrogen and oxygen atoms in total. The lowest BCUT2D eigenvalue weighted by atomic mass is 10.1. The predicted octanol–water partition coefficient (Wildman–Crippen LogP) is 1.58. The number of nitrogens with zero attached hydrogens (tertiary/aromatic N) is 1. The van der Waals surface area contributed by atoms with Crippen molar-refractivity contribution >= 4 is 29.6 Å². The molecule has 84 valence electrons. The number of fused-ring (bicyclic) bond motifs is 1. The smallest absolute Gasteiger partial charge is 0.237 e. The minimum absolute atomic E-state index is 0.0412. The molecular weight excluding hydrogens is 226 g/mol. The first-order valence-electron chi connectivity index (χ1n) is 4.74. The zero-order valence-corrected chi connectivity index (χ0v) is 9.84. The van der Waals surface area contributed by atoms with Crippen LogP contribution in [-0.2, 0) is 4.79 Å². The highest BCUT2D eigenvalue weighted by atomic mass is 32.2. The van der Waals surface area contributed by atoms with Crippen LogP contribution in [0, 0.1) is 0 Å². The van der Waals surface area contributed by atoms with Gasteiger partial charge in [0.15, 0.2) is 6.29 Å². The number of anilines is 1. The Kier molecular flexibility index (Phi) is 2.87. The highest BCUT2D eigenvalue weighted by molar-refractivity contribution is 8.00. The summed E-state index contributed by atoms with van der Waals surface area (Å²) in [6.07, 6.45) is 0.733. The number of rotatable bonds is 2. The molecule has 1 amide bonds. The second-order valence-electron chi connectivity index (χ2n) is 3.42. The first-order chi connectivity index (χ1) is 7.67. The summed E-state index contributed by atoms with van der Waals surface area (Å²) < 4.78 is 5.12. The third kappa shape index (κ3) is 1.67. The van der Waals surface area contributed by atoms with Crippen molar-refractivity contribution in [3.63, 3.8) is 0 Å². The molecule has 0 aliphatic carbocycles. The summed E-state index contributed by atoms with van der Waals surface area (Å²) in [5.41, 5.74) is 1.23. The predicted molar refractivity (Wildman–Crippen MR) is 62.5 cm³/mol. The summed E-state index contributed by atoms with van der Waals surface area (Å²) in [5.74, 6) is 1.01. The van der Waals surface area contributed by atoms with Gasteiger partial charge in [-0.2, -0.15) is 0 Å². The third-order valence-corrected chi connectivity index (χ3v) is 3.55. The van der Waals surface area contributed by atoms with E-state index in [0.717, 1.165) is 16.9 Å². The van der Waals surface area contributed by atoms with Crippen LogP contribution in [0.5, 0.6) is 5.75 Å². The topological polar surface area (TPSA) is 46.6 Å². The first-order valence-corrected chi connectivity index (χ1v) is 5.72. The Bertz CT molecular complexity index is 459. The molecule has 0 aromatic heterocycles. The van der Waals surface area contributed by atoms with Crippen molar-refractivity contribution in [2.45, 2.75) is 4.90 Å². The van der Waals surface area contributed by atoms with E-state index < -0.39 is 0 Å². The fourth-order valence-corrected chi connectivity index (χ4v) is 2.59. The average molecular weight is 237 g/mol. The minimum atomic E-state index is 0.0412. The van der Waals surface area contributed by atoms with Crippen LogP contribution in [0.15, 0.2) is 17.0 Å². The summed E-state index contributed by atoms with van der Waals surface area (Å²) in [6.45, 7) is 0. The quantitative estimate of drug-likeness (QED) is 0.733. The number of hydrogen-bond donors (Lipinski definition) is 0. The third-order valence-electron chi connectivity index (χ3n) is 2.52. The standard InChI is InChI=1S/C11H11NO3S/c1-12-8-3-7(5-13)9(15-2)4-10(8)16-6-11(12)14/h3-5H,6H2,1-2H3. The maximum atomic E-state index is 11.5. The number of benzene rings is 1. The molecule has 16 heavy (non-hydrogen) atoms. The molecule has 1 heterocycles. The van der Waals surface area contributed by atoms with Crippen LogP contribution in [0.4, 0.5) is 5.69 Å². The number of hydrogen-bond acceptors (Lipinski definition) is 4. The van der Waals surface area contributed by atoms with E-state index in [1.54, 1.807) is 24.1 Å². The van der Waals surface area contributed by atoms with Gasteiger partial charge in [0, 0.05) is 11.9 Å². The lowest BCUT2D eigenvalue weighted by Gasteiger charge is -2.26. The Hall–Kier alpha value is -1.49. The molecule has 0 spiro atoms. The molecule has 0 bridgehead atoms. The summed E-state index contributed by atoms with van der Waals surface area (Å²) in [6, 6.07) is 3.48. The van der Waals surface area contributed by atoms with Gasteiger partial charge >= 0.3 is 0 Å². The molecule has 0 saturated heterocycles. The van der Waals surface area contributed by atoms with Crippen molar-refractivity contribution < 1.29 is 14.3 Å². The molecule has 0 unspecified atom stereocenters. The van der Waals surface area contributed by atoms with Crippen molar-refractivity contribution in [1.82, 2.24) is 0 Å². The maximum Gasteiger partial charge on any atom is 0.237 e. The van der Waals surface area contributed by atoms with Gasteiger partial charge in [-0.3, -0.25) is 9.59 Å². The lowest BCUT2D eigenvalue weighted by molar-refractivity contribution is -0.116. The minimum Gasteiger partial charge on any atom is -0.496 e. The van der Waals surface area contributed by atoms with E-state index in [9.17, 15) is 9.59 Å². The maximum absolute atomic E-state index is 11.5. The Morgan fingerprint density at radius 3 is 2.88 bits per heavy atom. The second kappa shape index (κ2) is 4.17. The van der Waals surface area contributed by atoms with Crippen molar-refractivity contribution in [2.75, 3.05) is 24.8 Å². The molecule has 1 aromatic rings. The largest absolute Gasteiger partial charge is 0.496 e. The van der Waals surface area contributed by atoms with Gasteiger partial charge in [-0.15, -0.1) is 11.8 Å². The van der Waals surface area contributed by atoms with Gasteiger partial charge in [0.05, 0.1) is 24.1 Å². The van der Waals surface area contributed by atoms with Crippen LogP contribution in [0.2, 0.25) is 0 Å². The van der Waals surface area contributed by atoms with Crippen molar-refractivity contribution in [3.05, 3.63) is 17.7 Å². The van der Waals surface area contributed by atoms with E-state index >= 15 is 0 Å². The molecule has 0 atom stereocenters. The van der Waals surface area contributed by atoms with Gasteiger partial charge in [0.1, 0.15) is 5.75 Å². The van der Waals surface area contributed by atoms with E-state index in [2.05, 4.69) is 0 Å². The number of amides is 1. The molecule has 0 saturated carbocycles. The number of carbonyl (C=O) groups is 2. The molecule has 1 aliphatic heterocycles. The fraction of sp³-hybridized carbons (Fsp3) is 0.273. The highest BCUT2D eigenvalue weighted by Crippen LogP contribution is 2.38. The number of aldehydes is 1. The van der Waals surface area contributed by atoms with Crippen LogP contribution in [0.25, 0.3) is 0 Å². The SMILES string of the molecule is COc1cc2c(cc1C=O)N(C)C(=O)CS2. The molecular formula is C11H11NO3S. The van der Waals surface area contributed by atoms with Gasteiger partial charge in [0.2, 0.25) is 5.91 Å². The number of methoxy groups -OCH3 is 1. The van der Waals surface area contributed by atoms with Crippen molar-refractivity contribution in [2.24, 2.45) is 0 Å². The van der Waals surface area contributed by atoms with Crippen LogP contribution < -0.4 is 9.64 Å². The number of thioether (sulfide) groups is 1. The Labute approximate surface area is 97.6 Å². The summed E-state index contributed by atoms with van der Waals surface area (Å²) in [4.78, 5) is 24.9. The molecule has 5 heteroatoms. The summed E-state index contributed by atoms with van der Waals surface area (Å²) in [7, 11) is 3.24. The van der Waals surface area contributed by atoms with Crippen LogP contribution in [-0.4, -0.2) is 32.1 Å². The van der Waals surface area contributed by atoms with Gasteiger partial charge < -0.3 is 9.64 Å². The van der Waals surface area contributed by atoms with Gasteiger partial charge in [-0.05, 0) is 12.1 Å². The highest BCUT2D eigenvalue weighted by Gasteiger charge is 2.23. The van der Waals surface area contributed by atoms with E-state index in [1.807, 2.05) is 0 Å². The fourth-order valence-electron chi connectivity index (χ4n) is 1.58. The van der Waals surface area contributed by atoms with Gasteiger partial charge in [-0.25, -0.2) is 0 Å². The summed E-state index contributed by atoms with van der Waals surface area (Å²) in [5, 5.41) is 0. The zero-order chi connectivity index (χ0) is 11.7. The van der Waals surface area contributed by atoms with E-state index in [4.69, 9.17) is 4.74 Å². The summed E-state index contributed by atoms with van der Waals surface area (Å²) >= 11 is 1.46. The Morgan fingerprint density at radius 1 is 1.50 bits per heavy atom. The van der Waals surface area contributed by atoms with Gasteiger partial charge in [0.25, 0.3) is 0 Å². The normalized spacial score (nSPS) is 14.6. The molecule has 2 rings (SSSR count). The monoisotopic (exact) mass is 237 g/mol. The van der Waals surface area contributed by atoms with E-state index in [1.165, 1.54) is 18.9 Å². The Morgan fingerprint density at radius 2 is 2.25 bits per heavy atom. The second-order valence-corrected chi connectivity index (χ2v) is 4.44. The molecule has 1 aliphatic rings. The average Bonchev–Trinajstić information content (AvgIpc) is 2.32. The zero-order valence-electron chi connectivity index (χ0n) is 9.02. The number of carbonyl (C=O) groups excluding carboxylic acids is 2. The molecule has 0 radical (unpaired) electrons. The lowest BCUT2D eigenvalue weighted by Crippen LogP contribution is -2.31. The molecule has 1 aromatic carbocycles. The van der Waals surface area contributed by atoms with Crippen molar-refractivity contribution in [1.29, 1.82) is 0 Å². The van der Waals surface area contributed by atoms with E-state index in [-0.39, 0.29) is 5.91 Å². The van der Waals surface area contributed by atoms with Gasteiger partial charge in [-0.1, -0.05) is 0 Å². The van der Waals surface area contributed by atoms with Crippen LogP contribution in [0.1, 0.15) is 10.4 Å².